The first-order chi connectivity index (χ1) is 9.92. The number of hydrogen-bond acceptors (Lipinski definition) is 0. The molecule has 1 heteroatoms. The molecule has 3 aliphatic rings. The maximum atomic E-state index is 2.38. The van der Waals surface area contributed by atoms with Crippen LogP contribution in [0.1, 0.15) is 23.1 Å². The molecule has 0 spiro atoms. The highest BCUT2D eigenvalue weighted by atomic mass is 14.2. The van der Waals surface area contributed by atoms with E-state index < -0.39 is 0 Å². The number of fused-ring (bicyclic) bond motifs is 3. The molecule has 0 radical (unpaired) electrons. The summed E-state index contributed by atoms with van der Waals surface area (Å²) in [6.07, 6.45) is 8.12. The van der Waals surface area contributed by atoms with E-state index in [9.17, 15) is 0 Å². The van der Waals surface area contributed by atoms with Crippen LogP contribution in [0.25, 0.3) is 0 Å². The van der Waals surface area contributed by atoms with Gasteiger partial charge in [0, 0.05) is 0 Å². The predicted octanol–water partition coefficient (Wildman–Crippen LogP) is 2.55. The van der Waals surface area contributed by atoms with Crippen LogP contribution in [0, 0.1) is 0 Å². The molecule has 2 aromatic rings. The molecular weight excluding hydrogens is 239 g/mol. The molecule has 0 fully saturated rings. The minimum absolute atomic E-state index is 0.494. The van der Waals surface area contributed by atoms with Gasteiger partial charge < -0.3 is 0 Å². The first kappa shape index (κ1) is 10.7. The van der Waals surface area contributed by atoms with Gasteiger partial charge in [-0.25, -0.2) is 0 Å². The van der Waals surface area contributed by atoms with E-state index in [1.807, 2.05) is 0 Å². The molecule has 0 N–H and O–H groups in total. The van der Waals surface area contributed by atoms with Crippen LogP contribution >= 0.6 is 0 Å². The average molecular weight is 254 g/mol. The molecule has 0 unspecified atom stereocenters. The second-order valence-electron chi connectivity index (χ2n) is 6.14. The summed E-state index contributed by atoms with van der Waals surface area (Å²) in [4.78, 5) is 0. The Kier molecular flexibility index (Phi) is 2.02. The zero-order valence-corrected chi connectivity index (χ0v) is 11.4. The normalized spacial score (nSPS) is 17.9. The summed E-state index contributed by atoms with van der Waals surface area (Å²) in [6, 6.07) is 15.9. The molecular formula is C19H15B. The van der Waals surface area contributed by atoms with Crippen LogP contribution in [0.2, 0.25) is 0 Å². The first-order valence-electron chi connectivity index (χ1n) is 7.49. The molecule has 0 saturated carbocycles. The van der Waals surface area contributed by atoms with Crippen molar-refractivity contribution in [2.24, 2.45) is 0 Å². The fraction of sp³-hybridized carbons (Fsp3) is 0.158. The maximum absolute atomic E-state index is 2.38. The highest BCUT2D eigenvalue weighted by molar-refractivity contribution is 6.93. The third kappa shape index (κ3) is 1.28. The van der Waals surface area contributed by atoms with Gasteiger partial charge in [-0.15, -0.1) is 0 Å². The first-order valence-corrected chi connectivity index (χ1v) is 7.49. The maximum Gasteiger partial charge on any atom is 0.242 e. The van der Waals surface area contributed by atoms with E-state index in [4.69, 9.17) is 0 Å². The molecule has 0 nitrogen and oxygen atoms in total. The highest BCUT2D eigenvalue weighted by Crippen LogP contribution is 2.32. The van der Waals surface area contributed by atoms with Crippen molar-refractivity contribution in [2.75, 3.05) is 0 Å². The highest BCUT2D eigenvalue weighted by Gasteiger charge is 2.37. The van der Waals surface area contributed by atoms with E-state index in [1.165, 1.54) is 16.6 Å². The van der Waals surface area contributed by atoms with Crippen LogP contribution < -0.4 is 10.9 Å². The van der Waals surface area contributed by atoms with Crippen molar-refractivity contribution in [1.29, 1.82) is 0 Å². The van der Waals surface area contributed by atoms with Gasteiger partial charge in [0.15, 0.2) is 0 Å². The van der Waals surface area contributed by atoms with Crippen LogP contribution in [-0.2, 0) is 12.8 Å². The van der Waals surface area contributed by atoms with Crippen molar-refractivity contribution < 1.29 is 0 Å². The molecule has 2 heterocycles. The van der Waals surface area contributed by atoms with Crippen molar-refractivity contribution in [3.63, 3.8) is 0 Å². The summed E-state index contributed by atoms with van der Waals surface area (Å²) < 4.78 is 0. The van der Waals surface area contributed by atoms with Gasteiger partial charge in [0.25, 0.3) is 0 Å². The smallest absolute Gasteiger partial charge is 0.0810 e. The Morgan fingerprint density at radius 1 is 0.800 bits per heavy atom. The van der Waals surface area contributed by atoms with Crippen LogP contribution in [0.3, 0.4) is 0 Å². The number of allylic oxidation sites excluding steroid dienone is 4. The molecule has 0 saturated heterocycles. The summed E-state index contributed by atoms with van der Waals surface area (Å²) in [6.45, 7) is 0.494. The van der Waals surface area contributed by atoms with Crippen molar-refractivity contribution >= 4 is 17.6 Å². The molecule has 0 aromatic heterocycles. The van der Waals surface area contributed by atoms with E-state index in [2.05, 4.69) is 54.6 Å². The molecule has 1 aliphatic carbocycles. The largest absolute Gasteiger partial charge is 0.242 e. The average Bonchev–Trinajstić information content (AvgIpc) is 2.95. The van der Waals surface area contributed by atoms with Gasteiger partial charge in [0.2, 0.25) is 6.71 Å². The SMILES string of the molecule is C1=CC2=C(C1)Cc1cccc3c1B2c1ccccc1C3. The van der Waals surface area contributed by atoms with E-state index >= 15 is 0 Å². The Labute approximate surface area is 119 Å². The van der Waals surface area contributed by atoms with Gasteiger partial charge in [0.1, 0.15) is 0 Å². The fourth-order valence-corrected chi connectivity index (χ4v) is 4.27. The van der Waals surface area contributed by atoms with Gasteiger partial charge in [0.05, 0.1) is 0 Å². The molecule has 5 rings (SSSR count). The Hall–Kier alpha value is -2.02. The second-order valence-corrected chi connectivity index (χ2v) is 6.14. The minimum Gasteiger partial charge on any atom is -0.0810 e. The number of hydrogen-bond donors (Lipinski definition) is 0. The van der Waals surface area contributed by atoms with E-state index in [0.29, 0.717) is 6.71 Å². The predicted molar refractivity (Wildman–Crippen MR) is 85.2 cm³/mol. The summed E-state index contributed by atoms with van der Waals surface area (Å²) in [5.74, 6) is 0. The Balaban J connectivity index is 1.86. The van der Waals surface area contributed by atoms with Crippen LogP contribution in [0.5, 0.6) is 0 Å². The monoisotopic (exact) mass is 254 g/mol. The van der Waals surface area contributed by atoms with Gasteiger partial charge in [-0.05, 0) is 36.0 Å². The van der Waals surface area contributed by atoms with E-state index in [1.54, 1.807) is 22.1 Å². The second kappa shape index (κ2) is 3.76. The van der Waals surface area contributed by atoms with Crippen LogP contribution in [0.4, 0.5) is 0 Å². The minimum atomic E-state index is 0.494. The molecule has 2 aromatic carbocycles. The van der Waals surface area contributed by atoms with Crippen molar-refractivity contribution in [2.45, 2.75) is 19.3 Å². The van der Waals surface area contributed by atoms with Gasteiger partial charge >= 0.3 is 0 Å². The lowest BCUT2D eigenvalue weighted by Gasteiger charge is -2.33. The summed E-state index contributed by atoms with van der Waals surface area (Å²) in [5, 5.41) is 0. The molecule has 0 atom stereocenters. The Morgan fingerprint density at radius 2 is 1.60 bits per heavy atom. The van der Waals surface area contributed by atoms with Crippen molar-refractivity contribution in [3.05, 3.63) is 82.4 Å². The fourth-order valence-electron chi connectivity index (χ4n) is 4.27. The quantitative estimate of drug-likeness (QED) is 0.634. The van der Waals surface area contributed by atoms with E-state index in [0.717, 1.165) is 19.3 Å². The van der Waals surface area contributed by atoms with Crippen molar-refractivity contribution in [1.82, 2.24) is 0 Å². The van der Waals surface area contributed by atoms with Crippen LogP contribution in [-0.4, -0.2) is 6.71 Å². The lowest BCUT2D eigenvalue weighted by Crippen LogP contribution is -2.53. The van der Waals surface area contributed by atoms with E-state index in [-0.39, 0.29) is 0 Å². The lowest BCUT2D eigenvalue weighted by molar-refractivity contribution is 1.06. The third-order valence-corrected chi connectivity index (χ3v) is 5.11. The van der Waals surface area contributed by atoms with Gasteiger partial charge in [-0.2, -0.15) is 0 Å². The van der Waals surface area contributed by atoms with Crippen LogP contribution in [0.15, 0.2) is 65.7 Å². The molecule has 0 bridgehead atoms. The standard InChI is InChI=1S/C19H15B/c1-2-9-17-13(5-1)11-15-7-3-8-16-12-14-6-4-10-18(14)20(17)19(15)16/h1-5,7-10H,6,11-12H2. The topological polar surface area (TPSA) is 0 Å². The zero-order chi connectivity index (χ0) is 13.1. The Bertz CT molecular complexity index is 795. The number of benzene rings is 2. The number of rotatable bonds is 0. The van der Waals surface area contributed by atoms with Gasteiger partial charge in [-0.3, -0.25) is 0 Å². The summed E-state index contributed by atoms with van der Waals surface area (Å²) >= 11 is 0. The summed E-state index contributed by atoms with van der Waals surface area (Å²) in [7, 11) is 0. The third-order valence-electron chi connectivity index (χ3n) is 5.11. The molecule has 2 aliphatic heterocycles. The lowest BCUT2D eigenvalue weighted by atomic mass is 9.30. The molecule has 0 amide bonds. The Morgan fingerprint density at radius 3 is 2.55 bits per heavy atom. The molecule has 94 valence electrons. The summed E-state index contributed by atoms with van der Waals surface area (Å²) in [5.41, 5.74) is 11.0. The van der Waals surface area contributed by atoms with Gasteiger partial charge in [-0.1, -0.05) is 76.6 Å². The molecule has 20 heavy (non-hydrogen) atoms. The van der Waals surface area contributed by atoms with Crippen molar-refractivity contribution in [3.8, 4) is 0 Å². The zero-order valence-electron chi connectivity index (χ0n) is 11.4.